The molecule has 1 atom stereocenters. The van der Waals surface area contributed by atoms with Gasteiger partial charge in [0.25, 0.3) is 0 Å². The number of hydrogen-bond acceptors (Lipinski definition) is 3. The normalized spacial score (nSPS) is 11.5. The molecule has 0 aliphatic rings. The van der Waals surface area contributed by atoms with Crippen molar-refractivity contribution in [2.75, 3.05) is 19.8 Å². The van der Waals surface area contributed by atoms with Gasteiger partial charge in [0.1, 0.15) is 12.4 Å². The van der Waals surface area contributed by atoms with E-state index in [4.69, 9.17) is 14.6 Å². The van der Waals surface area contributed by atoms with E-state index in [9.17, 15) is 0 Å². The first-order valence-corrected chi connectivity index (χ1v) is 6.70. The Morgan fingerprint density at radius 3 is 2.89 bits per heavy atom. The van der Waals surface area contributed by atoms with Crippen LogP contribution in [0.25, 0.3) is 0 Å². The first-order chi connectivity index (χ1) is 9.26. The predicted molar refractivity (Wildman–Crippen MR) is 76.2 cm³/mol. The van der Waals surface area contributed by atoms with Crippen LogP contribution in [0.4, 0.5) is 0 Å². The monoisotopic (exact) mass is 262 g/mol. The minimum atomic E-state index is 0.0934. The van der Waals surface area contributed by atoms with Crippen LogP contribution in [0.15, 0.2) is 24.3 Å². The third-order valence-electron chi connectivity index (χ3n) is 2.63. The van der Waals surface area contributed by atoms with Gasteiger partial charge in [0.2, 0.25) is 0 Å². The van der Waals surface area contributed by atoms with E-state index in [1.165, 1.54) is 0 Å². The highest BCUT2D eigenvalue weighted by Crippen LogP contribution is 2.12. The molecule has 1 N–H and O–H groups in total. The molecule has 1 aromatic rings. The van der Waals surface area contributed by atoms with Gasteiger partial charge in [-0.05, 0) is 31.5 Å². The first-order valence-electron chi connectivity index (χ1n) is 6.70. The molecule has 104 valence electrons. The lowest BCUT2D eigenvalue weighted by atomic mass is 10.2. The van der Waals surface area contributed by atoms with Crippen molar-refractivity contribution in [3.8, 4) is 17.6 Å². The smallest absolute Gasteiger partial charge is 0.120 e. The van der Waals surface area contributed by atoms with Crippen molar-refractivity contribution in [1.29, 1.82) is 0 Å². The van der Waals surface area contributed by atoms with Crippen LogP contribution in [-0.2, 0) is 4.74 Å². The topological polar surface area (TPSA) is 38.7 Å². The molecule has 0 aliphatic heterocycles. The fraction of sp³-hybridized carbons (Fsp3) is 0.500. The zero-order valence-corrected chi connectivity index (χ0v) is 11.7. The standard InChI is InChI=1S/C16H22O3/c1-3-14(2)18-11-12-19-16-9-6-8-15(13-16)7-4-5-10-17/h6,8-9,13-14,17H,3,5,10-12H2,1-2H3. The van der Waals surface area contributed by atoms with Gasteiger partial charge in [-0.1, -0.05) is 24.8 Å². The van der Waals surface area contributed by atoms with Gasteiger partial charge >= 0.3 is 0 Å². The molecule has 0 spiro atoms. The fourth-order valence-electron chi connectivity index (χ4n) is 1.41. The summed E-state index contributed by atoms with van der Waals surface area (Å²) in [6, 6.07) is 7.63. The quantitative estimate of drug-likeness (QED) is 0.606. The molecule has 0 radical (unpaired) electrons. The van der Waals surface area contributed by atoms with Gasteiger partial charge in [0.15, 0.2) is 0 Å². The molecule has 1 aromatic carbocycles. The minimum Gasteiger partial charge on any atom is -0.491 e. The first kappa shape index (κ1) is 15.6. The van der Waals surface area contributed by atoms with Gasteiger partial charge in [-0.25, -0.2) is 0 Å². The molecular formula is C16H22O3. The fourth-order valence-corrected chi connectivity index (χ4v) is 1.41. The van der Waals surface area contributed by atoms with Crippen molar-refractivity contribution in [3.05, 3.63) is 29.8 Å². The zero-order chi connectivity index (χ0) is 13.9. The number of ether oxygens (including phenoxy) is 2. The van der Waals surface area contributed by atoms with Gasteiger partial charge in [0, 0.05) is 12.0 Å². The van der Waals surface area contributed by atoms with Gasteiger partial charge in [0.05, 0.1) is 19.3 Å². The average molecular weight is 262 g/mol. The van der Waals surface area contributed by atoms with Crippen LogP contribution in [0, 0.1) is 11.8 Å². The van der Waals surface area contributed by atoms with Gasteiger partial charge in [-0.2, -0.15) is 0 Å². The summed E-state index contributed by atoms with van der Waals surface area (Å²) in [6.07, 6.45) is 1.78. The second-order valence-electron chi connectivity index (χ2n) is 4.24. The summed E-state index contributed by atoms with van der Waals surface area (Å²) in [5.74, 6) is 6.67. The summed E-state index contributed by atoms with van der Waals surface area (Å²) in [7, 11) is 0. The molecule has 0 heterocycles. The van der Waals surface area contributed by atoms with Gasteiger partial charge < -0.3 is 14.6 Å². The van der Waals surface area contributed by atoms with Crippen molar-refractivity contribution in [2.45, 2.75) is 32.8 Å². The Kier molecular flexibility index (Phi) is 7.72. The summed E-state index contributed by atoms with van der Waals surface area (Å²) in [5, 5.41) is 8.67. The maximum atomic E-state index is 8.67. The number of aliphatic hydroxyl groups is 1. The van der Waals surface area contributed by atoms with E-state index >= 15 is 0 Å². The maximum Gasteiger partial charge on any atom is 0.120 e. The second kappa shape index (κ2) is 9.43. The van der Waals surface area contributed by atoms with Crippen molar-refractivity contribution >= 4 is 0 Å². The van der Waals surface area contributed by atoms with Crippen LogP contribution in [-0.4, -0.2) is 31.0 Å². The third kappa shape index (κ3) is 6.85. The summed E-state index contributed by atoms with van der Waals surface area (Å²) >= 11 is 0. The van der Waals surface area contributed by atoms with Crippen LogP contribution in [0.3, 0.4) is 0 Å². The third-order valence-corrected chi connectivity index (χ3v) is 2.63. The Bertz CT molecular complexity index is 417. The number of aliphatic hydroxyl groups excluding tert-OH is 1. The van der Waals surface area contributed by atoms with Crippen molar-refractivity contribution < 1.29 is 14.6 Å². The summed E-state index contributed by atoms with van der Waals surface area (Å²) < 4.78 is 11.1. The summed E-state index contributed by atoms with van der Waals surface area (Å²) in [5.41, 5.74) is 0.897. The van der Waals surface area contributed by atoms with E-state index in [2.05, 4.69) is 25.7 Å². The van der Waals surface area contributed by atoms with E-state index < -0.39 is 0 Å². The largest absolute Gasteiger partial charge is 0.491 e. The van der Waals surface area contributed by atoms with E-state index in [1.54, 1.807) is 0 Å². The van der Waals surface area contributed by atoms with E-state index in [1.807, 2.05) is 24.3 Å². The zero-order valence-electron chi connectivity index (χ0n) is 11.7. The molecule has 1 rings (SSSR count). The molecule has 0 aliphatic carbocycles. The predicted octanol–water partition coefficient (Wildman–Crippen LogP) is 2.61. The SMILES string of the molecule is CCC(C)OCCOc1cccc(C#CCCO)c1. The Morgan fingerprint density at radius 1 is 1.32 bits per heavy atom. The number of rotatable bonds is 7. The molecule has 0 amide bonds. The van der Waals surface area contributed by atoms with Crippen LogP contribution in [0.5, 0.6) is 5.75 Å². The lowest BCUT2D eigenvalue weighted by Gasteiger charge is -2.11. The van der Waals surface area contributed by atoms with Crippen LogP contribution in [0.2, 0.25) is 0 Å². The Morgan fingerprint density at radius 2 is 2.16 bits per heavy atom. The van der Waals surface area contributed by atoms with Crippen molar-refractivity contribution in [1.82, 2.24) is 0 Å². The highest BCUT2D eigenvalue weighted by atomic mass is 16.5. The highest BCUT2D eigenvalue weighted by molar-refractivity contribution is 5.39. The molecule has 0 fully saturated rings. The lowest BCUT2D eigenvalue weighted by molar-refractivity contribution is 0.0427. The van der Waals surface area contributed by atoms with Crippen LogP contribution >= 0.6 is 0 Å². The molecule has 0 bridgehead atoms. The molecule has 0 saturated heterocycles. The van der Waals surface area contributed by atoms with E-state index in [0.29, 0.717) is 19.6 Å². The van der Waals surface area contributed by atoms with Crippen molar-refractivity contribution in [3.63, 3.8) is 0 Å². The van der Waals surface area contributed by atoms with Crippen LogP contribution in [0.1, 0.15) is 32.3 Å². The molecule has 3 nitrogen and oxygen atoms in total. The lowest BCUT2D eigenvalue weighted by Crippen LogP contribution is -2.13. The summed E-state index contributed by atoms with van der Waals surface area (Å²) in [4.78, 5) is 0. The minimum absolute atomic E-state index is 0.0934. The van der Waals surface area contributed by atoms with E-state index in [-0.39, 0.29) is 12.7 Å². The molecular weight excluding hydrogens is 240 g/mol. The summed E-state index contributed by atoms with van der Waals surface area (Å²) in [6.45, 7) is 5.38. The maximum absolute atomic E-state index is 8.67. The van der Waals surface area contributed by atoms with Gasteiger partial charge in [-0.15, -0.1) is 0 Å². The Balaban J connectivity index is 2.38. The Labute approximate surface area is 115 Å². The number of benzene rings is 1. The number of hydrogen-bond donors (Lipinski definition) is 1. The Hall–Kier alpha value is -1.50. The van der Waals surface area contributed by atoms with Crippen molar-refractivity contribution in [2.24, 2.45) is 0 Å². The molecule has 0 aromatic heterocycles. The molecule has 19 heavy (non-hydrogen) atoms. The second-order valence-corrected chi connectivity index (χ2v) is 4.24. The highest BCUT2D eigenvalue weighted by Gasteiger charge is 1.99. The van der Waals surface area contributed by atoms with Gasteiger partial charge in [-0.3, -0.25) is 0 Å². The molecule has 1 unspecified atom stereocenters. The molecule has 3 heteroatoms. The van der Waals surface area contributed by atoms with Crippen LogP contribution < -0.4 is 4.74 Å². The molecule has 0 saturated carbocycles. The average Bonchev–Trinajstić information content (AvgIpc) is 2.44. The van der Waals surface area contributed by atoms with E-state index in [0.717, 1.165) is 17.7 Å².